The number of ether oxygens (including phenoxy) is 2. The lowest BCUT2D eigenvalue weighted by Crippen LogP contribution is -2.37. The maximum atomic E-state index is 11.9. The van der Waals surface area contributed by atoms with Crippen molar-refractivity contribution in [3.05, 3.63) is 12.2 Å². The topological polar surface area (TPSA) is 35.5 Å². The van der Waals surface area contributed by atoms with Crippen molar-refractivity contribution in [2.75, 3.05) is 6.61 Å². The Morgan fingerprint density at radius 1 is 1.41 bits per heavy atom. The molecule has 0 unspecified atom stereocenters. The maximum absolute atomic E-state index is 11.9. The van der Waals surface area contributed by atoms with E-state index in [0.29, 0.717) is 0 Å². The van der Waals surface area contributed by atoms with Gasteiger partial charge >= 0.3 is 0 Å². The minimum atomic E-state index is -0.473. The second kappa shape index (κ2) is 3.66. The van der Waals surface area contributed by atoms with Gasteiger partial charge in [0.25, 0.3) is 0 Å². The summed E-state index contributed by atoms with van der Waals surface area (Å²) in [7, 11) is 0. The van der Waals surface area contributed by atoms with Gasteiger partial charge in [0.2, 0.25) is 0 Å². The van der Waals surface area contributed by atoms with Crippen molar-refractivity contribution >= 4 is 5.78 Å². The van der Waals surface area contributed by atoms with E-state index in [1.807, 2.05) is 13.0 Å². The Kier molecular flexibility index (Phi) is 2.46. The zero-order valence-electron chi connectivity index (χ0n) is 10.6. The van der Waals surface area contributed by atoms with Crippen molar-refractivity contribution in [1.82, 2.24) is 0 Å². The summed E-state index contributed by atoms with van der Waals surface area (Å²) < 4.78 is 11.9. The third-order valence-electron chi connectivity index (χ3n) is 4.90. The first-order valence-electron chi connectivity index (χ1n) is 6.56. The molecule has 1 aliphatic carbocycles. The second-order valence-electron chi connectivity index (χ2n) is 5.95. The molecule has 17 heavy (non-hydrogen) atoms. The molecule has 0 aromatic rings. The van der Waals surface area contributed by atoms with E-state index < -0.39 is 5.79 Å². The van der Waals surface area contributed by atoms with E-state index >= 15 is 0 Å². The molecule has 0 radical (unpaired) electrons. The van der Waals surface area contributed by atoms with Crippen LogP contribution in [0.3, 0.4) is 0 Å². The van der Waals surface area contributed by atoms with Gasteiger partial charge in [-0.25, -0.2) is 0 Å². The molecule has 4 atom stereocenters. The molecule has 94 valence electrons. The number of fused-ring (bicyclic) bond motifs is 1. The SMILES string of the molecule is C[C@]12CCO[C@]1(C)O[C@H]([C@H]1CCC=CC1=O)C2. The molecule has 0 N–H and O–H groups in total. The van der Waals surface area contributed by atoms with Crippen LogP contribution in [0, 0.1) is 11.3 Å². The van der Waals surface area contributed by atoms with Crippen LogP contribution in [0.15, 0.2) is 12.2 Å². The van der Waals surface area contributed by atoms with Crippen LogP contribution >= 0.6 is 0 Å². The van der Waals surface area contributed by atoms with Crippen LogP contribution in [-0.2, 0) is 14.3 Å². The third kappa shape index (κ3) is 1.59. The first-order valence-corrected chi connectivity index (χ1v) is 6.56. The number of hydrogen-bond donors (Lipinski definition) is 0. The standard InChI is InChI=1S/C14H20O3/c1-13-7-8-16-14(13,2)17-12(9-13)10-5-3-4-6-11(10)15/h4,6,10,12H,3,5,7-9H2,1-2H3/t10-,12-,13+,14+/m0/s1. The molecular weight excluding hydrogens is 216 g/mol. The Morgan fingerprint density at radius 3 is 2.94 bits per heavy atom. The highest BCUT2D eigenvalue weighted by molar-refractivity contribution is 5.92. The summed E-state index contributed by atoms with van der Waals surface area (Å²) in [6.45, 7) is 5.03. The quantitative estimate of drug-likeness (QED) is 0.701. The maximum Gasteiger partial charge on any atom is 0.171 e. The van der Waals surface area contributed by atoms with E-state index in [-0.39, 0.29) is 23.2 Å². The fraction of sp³-hybridized carbons (Fsp3) is 0.786. The van der Waals surface area contributed by atoms with Crippen LogP contribution < -0.4 is 0 Å². The minimum Gasteiger partial charge on any atom is -0.350 e. The van der Waals surface area contributed by atoms with Crippen molar-refractivity contribution in [2.45, 2.75) is 51.4 Å². The lowest BCUT2D eigenvalue weighted by Gasteiger charge is -2.30. The van der Waals surface area contributed by atoms with Gasteiger partial charge in [0, 0.05) is 11.3 Å². The fourth-order valence-electron chi connectivity index (χ4n) is 3.45. The van der Waals surface area contributed by atoms with Gasteiger partial charge < -0.3 is 9.47 Å². The summed E-state index contributed by atoms with van der Waals surface area (Å²) >= 11 is 0. The monoisotopic (exact) mass is 236 g/mol. The molecule has 0 amide bonds. The van der Waals surface area contributed by atoms with Crippen LogP contribution in [0.25, 0.3) is 0 Å². The Labute approximate surface area is 102 Å². The van der Waals surface area contributed by atoms with Gasteiger partial charge in [-0.15, -0.1) is 0 Å². The molecular formula is C14H20O3. The Balaban J connectivity index is 1.80. The lowest BCUT2D eigenvalue weighted by molar-refractivity contribution is -0.222. The summed E-state index contributed by atoms with van der Waals surface area (Å²) in [4.78, 5) is 11.9. The number of rotatable bonds is 1. The van der Waals surface area contributed by atoms with Gasteiger partial charge in [0.05, 0.1) is 12.7 Å². The van der Waals surface area contributed by atoms with E-state index in [1.165, 1.54) is 0 Å². The zero-order chi connectivity index (χ0) is 12.1. The number of ketones is 1. The highest BCUT2D eigenvalue weighted by Gasteiger charge is 2.59. The van der Waals surface area contributed by atoms with Gasteiger partial charge in [-0.1, -0.05) is 13.0 Å². The molecule has 3 rings (SSSR count). The molecule has 0 spiro atoms. The number of carbonyl (C=O) groups is 1. The van der Waals surface area contributed by atoms with Crippen molar-refractivity contribution < 1.29 is 14.3 Å². The molecule has 0 saturated carbocycles. The predicted molar refractivity (Wildman–Crippen MR) is 63.4 cm³/mol. The molecule has 0 aromatic carbocycles. The van der Waals surface area contributed by atoms with E-state index in [1.54, 1.807) is 6.08 Å². The second-order valence-corrected chi connectivity index (χ2v) is 5.95. The molecule has 3 heteroatoms. The summed E-state index contributed by atoms with van der Waals surface area (Å²) in [6.07, 6.45) is 7.63. The molecule has 3 aliphatic rings. The highest BCUT2D eigenvalue weighted by Crippen LogP contribution is 2.55. The first-order chi connectivity index (χ1) is 8.04. The Hall–Kier alpha value is -0.670. The van der Waals surface area contributed by atoms with Crippen molar-refractivity contribution in [3.63, 3.8) is 0 Å². The average molecular weight is 236 g/mol. The van der Waals surface area contributed by atoms with E-state index in [9.17, 15) is 4.79 Å². The van der Waals surface area contributed by atoms with Gasteiger partial charge in [-0.05, 0) is 38.7 Å². The number of carbonyl (C=O) groups excluding carboxylic acids is 1. The fourth-order valence-corrected chi connectivity index (χ4v) is 3.45. The Morgan fingerprint density at radius 2 is 2.24 bits per heavy atom. The van der Waals surface area contributed by atoms with Crippen LogP contribution in [0.1, 0.15) is 39.5 Å². The summed E-state index contributed by atoms with van der Waals surface area (Å²) in [6, 6.07) is 0. The predicted octanol–water partition coefficient (Wildman–Crippen LogP) is 2.45. The van der Waals surface area contributed by atoms with Gasteiger partial charge in [0.15, 0.2) is 11.6 Å². The van der Waals surface area contributed by atoms with Gasteiger partial charge in [-0.3, -0.25) is 4.79 Å². The van der Waals surface area contributed by atoms with Crippen molar-refractivity contribution in [2.24, 2.45) is 11.3 Å². The van der Waals surface area contributed by atoms with Gasteiger partial charge in [-0.2, -0.15) is 0 Å². The van der Waals surface area contributed by atoms with Crippen LogP contribution in [-0.4, -0.2) is 24.3 Å². The zero-order valence-corrected chi connectivity index (χ0v) is 10.6. The molecule has 0 bridgehead atoms. The number of hydrogen-bond acceptors (Lipinski definition) is 3. The minimum absolute atomic E-state index is 0.0442. The first kappa shape index (κ1) is 11.4. The third-order valence-corrected chi connectivity index (χ3v) is 4.90. The smallest absolute Gasteiger partial charge is 0.171 e. The molecule has 2 fully saturated rings. The Bertz CT molecular complexity index is 358. The van der Waals surface area contributed by atoms with Crippen LogP contribution in [0.2, 0.25) is 0 Å². The molecule has 3 nitrogen and oxygen atoms in total. The average Bonchev–Trinajstić information content (AvgIpc) is 2.67. The van der Waals surface area contributed by atoms with Crippen molar-refractivity contribution in [1.29, 1.82) is 0 Å². The van der Waals surface area contributed by atoms with Crippen molar-refractivity contribution in [3.8, 4) is 0 Å². The molecule has 0 aromatic heterocycles. The summed E-state index contributed by atoms with van der Waals surface area (Å²) in [5, 5.41) is 0. The normalized spacial score (nSPS) is 49.6. The van der Waals surface area contributed by atoms with Crippen LogP contribution in [0.5, 0.6) is 0 Å². The summed E-state index contributed by atoms with van der Waals surface area (Å²) in [5.74, 6) is -0.199. The van der Waals surface area contributed by atoms with E-state index in [0.717, 1.165) is 32.3 Å². The lowest BCUT2D eigenvalue weighted by atomic mass is 9.76. The highest BCUT2D eigenvalue weighted by atomic mass is 16.7. The number of allylic oxidation sites excluding steroid dienone is 2. The van der Waals surface area contributed by atoms with Crippen LogP contribution in [0.4, 0.5) is 0 Å². The van der Waals surface area contributed by atoms with E-state index in [4.69, 9.17) is 9.47 Å². The molecule has 2 saturated heterocycles. The van der Waals surface area contributed by atoms with Gasteiger partial charge in [0.1, 0.15) is 0 Å². The largest absolute Gasteiger partial charge is 0.350 e. The van der Waals surface area contributed by atoms with E-state index in [2.05, 4.69) is 6.92 Å². The summed E-state index contributed by atoms with van der Waals surface area (Å²) in [5.41, 5.74) is 0.0824. The molecule has 2 aliphatic heterocycles. The molecule has 2 heterocycles.